The molecule has 1 amide bonds. The SMILES string of the molecule is CCOc1ccc(C2C(=C(O)c3ccc4c(c3)OCCO4)C(=O)C(=O)N2c2nc3ccc(C)cc3s2)cc1. The molecule has 3 aromatic carbocycles. The lowest BCUT2D eigenvalue weighted by Crippen LogP contribution is -2.29. The minimum Gasteiger partial charge on any atom is -0.507 e. The highest BCUT2D eigenvalue weighted by atomic mass is 32.1. The van der Waals surface area contributed by atoms with Gasteiger partial charge in [0.15, 0.2) is 16.6 Å². The predicted molar refractivity (Wildman–Crippen MR) is 144 cm³/mol. The maximum atomic E-state index is 13.5. The van der Waals surface area contributed by atoms with Crippen molar-refractivity contribution < 1.29 is 28.9 Å². The van der Waals surface area contributed by atoms with Gasteiger partial charge >= 0.3 is 5.91 Å². The second-order valence-electron chi connectivity index (χ2n) is 9.00. The summed E-state index contributed by atoms with van der Waals surface area (Å²) >= 11 is 1.33. The van der Waals surface area contributed by atoms with Crippen molar-refractivity contribution in [1.29, 1.82) is 0 Å². The number of rotatable bonds is 5. The Kier molecular flexibility index (Phi) is 6.00. The van der Waals surface area contributed by atoms with Crippen molar-refractivity contribution in [2.75, 3.05) is 24.7 Å². The Morgan fingerprint density at radius 3 is 2.58 bits per heavy atom. The van der Waals surface area contributed by atoms with Crippen LogP contribution in [-0.4, -0.2) is 41.6 Å². The summed E-state index contributed by atoms with van der Waals surface area (Å²) in [7, 11) is 0. The molecule has 2 aliphatic rings. The quantitative estimate of drug-likeness (QED) is 0.210. The number of anilines is 1. The van der Waals surface area contributed by atoms with Crippen LogP contribution in [0.5, 0.6) is 17.2 Å². The van der Waals surface area contributed by atoms with Crippen LogP contribution < -0.4 is 19.1 Å². The van der Waals surface area contributed by atoms with Gasteiger partial charge in [-0.3, -0.25) is 14.5 Å². The highest BCUT2D eigenvalue weighted by molar-refractivity contribution is 7.22. The van der Waals surface area contributed by atoms with Gasteiger partial charge in [0.25, 0.3) is 5.78 Å². The topological polar surface area (TPSA) is 98.2 Å². The van der Waals surface area contributed by atoms with Crippen molar-refractivity contribution >= 4 is 44.1 Å². The minimum absolute atomic E-state index is 0.0220. The van der Waals surface area contributed by atoms with Gasteiger partial charge in [-0.15, -0.1) is 0 Å². The van der Waals surface area contributed by atoms with Gasteiger partial charge in [0.05, 0.1) is 28.4 Å². The van der Waals surface area contributed by atoms with E-state index in [0.717, 1.165) is 15.8 Å². The zero-order valence-corrected chi connectivity index (χ0v) is 21.6. The number of fused-ring (bicyclic) bond motifs is 2. The number of aryl methyl sites for hydroxylation is 1. The molecule has 1 atom stereocenters. The first-order chi connectivity index (χ1) is 18.4. The predicted octanol–water partition coefficient (Wildman–Crippen LogP) is 5.40. The molecule has 0 spiro atoms. The number of hydrogen-bond acceptors (Lipinski definition) is 8. The number of aliphatic hydroxyl groups excluding tert-OH is 1. The van der Waals surface area contributed by atoms with E-state index in [1.54, 1.807) is 42.5 Å². The molecule has 0 aliphatic carbocycles. The molecule has 1 aromatic heterocycles. The van der Waals surface area contributed by atoms with E-state index in [9.17, 15) is 14.7 Å². The van der Waals surface area contributed by atoms with Gasteiger partial charge < -0.3 is 19.3 Å². The number of Topliss-reactive ketones (excluding diaryl/α,β-unsaturated/α-hetero) is 1. The number of thiazole rings is 1. The van der Waals surface area contributed by atoms with Gasteiger partial charge in [-0.2, -0.15) is 0 Å². The van der Waals surface area contributed by atoms with E-state index >= 15 is 0 Å². The molecule has 2 aliphatic heterocycles. The molecule has 1 fully saturated rings. The third-order valence-electron chi connectivity index (χ3n) is 6.51. The number of aliphatic hydroxyl groups is 1. The number of carbonyl (C=O) groups excluding carboxylic acids is 2. The van der Waals surface area contributed by atoms with Gasteiger partial charge in [0, 0.05) is 5.56 Å². The molecule has 4 aromatic rings. The summed E-state index contributed by atoms with van der Waals surface area (Å²) in [5.74, 6) is -0.144. The average molecular weight is 529 g/mol. The number of aromatic nitrogens is 1. The summed E-state index contributed by atoms with van der Waals surface area (Å²) < 4.78 is 17.7. The fourth-order valence-corrected chi connectivity index (χ4v) is 5.82. The third kappa shape index (κ3) is 4.05. The van der Waals surface area contributed by atoms with Gasteiger partial charge in [-0.05, 0) is 67.4 Å². The minimum atomic E-state index is -0.888. The first kappa shape index (κ1) is 24.0. The summed E-state index contributed by atoms with van der Waals surface area (Å²) in [6.45, 7) is 5.20. The van der Waals surface area contributed by atoms with Crippen molar-refractivity contribution in [3.05, 3.63) is 82.9 Å². The van der Waals surface area contributed by atoms with Crippen LogP contribution in [0.1, 0.15) is 29.7 Å². The van der Waals surface area contributed by atoms with Crippen LogP contribution in [0.25, 0.3) is 16.0 Å². The van der Waals surface area contributed by atoms with Crippen LogP contribution in [-0.2, 0) is 9.59 Å². The van der Waals surface area contributed by atoms with Crippen molar-refractivity contribution in [3.63, 3.8) is 0 Å². The molecule has 1 unspecified atom stereocenters. The van der Waals surface area contributed by atoms with E-state index in [1.165, 1.54) is 16.2 Å². The highest BCUT2D eigenvalue weighted by Crippen LogP contribution is 2.45. The Morgan fingerprint density at radius 2 is 1.82 bits per heavy atom. The van der Waals surface area contributed by atoms with Crippen LogP contribution in [0.4, 0.5) is 5.13 Å². The molecule has 1 saturated heterocycles. The summed E-state index contributed by atoms with van der Waals surface area (Å²) in [6.07, 6.45) is 0. The molecule has 0 saturated carbocycles. The van der Waals surface area contributed by atoms with E-state index < -0.39 is 17.7 Å². The Hall–Kier alpha value is -4.37. The van der Waals surface area contributed by atoms with E-state index in [-0.39, 0.29) is 11.3 Å². The lowest BCUT2D eigenvalue weighted by atomic mass is 9.95. The van der Waals surface area contributed by atoms with Gasteiger partial charge in [0.1, 0.15) is 24.7 Å². The van der Waals surface area contributed by atoms with Crippen molar-refractivity contribution in [3.8, 4) is 17.2 Å². The van der Waals surface area contributed by atoms with Crippen molar-refractivity contribution in [2.24, 2.45) is 0 Å². The molecule has 1 N–H and O–H groups in total. The van der Waals surface area contributed by atoms with Gasteiger partial charge in [0.2, 0.25) is 0 Å². The van der Waals surface area contributed by atoms with Crippen LogP contribution in [0, 0.1) is 6.92 Å². The van der Waals surface area contributed by atoms with E-state index in [0.29, 0.717) is 53.3 Å². The number of benzene rings is 3. The van der Waals surface area contributed by atoms with Gasteiger partial charge in [-0.25, -0.2) is 4.98 Å². The lowest BCUT2D eigenvalue weighted by molar-refractivity contribution is -0.132. The van der Waals surface area contributed by atoms with E-state index in [4.69, 9.17) is 14.2 Å². The van der Waals surface area contributed by atoms with E-state index in [2.05, 4.69) is 4.98 Å². The summed E-state index contributed by atoms with van der Waals surface area (Å²) in [5.41, 5.74) is 2.77. The van der Waals surface area contributed by atoms with E-state index in [1.807, 2.05) is 32.0 Å². The molecular formula is C29H24N2O6S. The molecule has 38 heavy (non-hydrogen) atoms. The first-order valence-corrected chi connectivity index (χ1v) is 13.1. The standard InChI is InChI=1S/C29H24N2O6S/c1-3-35-19-8-5-17(6-9-19)25-24(26(32)18-7-11-21-22(15-18)37-13-12-36-21)27(33)28(34)31(25)29-30-20-10-4-16(2)14-23(20)38-29/h4-11,14-15,25,32H,3,12-13H2,1-2H3. The summed E-state index contributed by atoms with van der Waals surface area (Å²) in [5, 5.41) is 11.8. The largest absolute Gasteiger partial charge is 0.507 e. The Balaban J connectivity index is 1.52. The zero-order chi connectivity index (χ0) is 26.4. The summed E-state index contributed by atoms with van der Waals surface area (Å²) in [4.78, 5) is 33.1. The fraction of sp³-hybridized carbons (Fsp3) is 0.207. The number of ketones is 1. The van der Waals surface area contributed by atoms with Crippen LogP contribution in [0.3, 0.4) is 0 Å². The number of hydrogen-bond donors (Lipinski definition) is 1. The maximum Gasteiger partial charge on any atom is 0.301 e. The average Bonchev–Trinajstić information content (AvgIpc) is 3.46. The monoisotopic (exact) mass is 528 g/mol. The van der Waals surface area contributed by atoms with Gasteiger partial charge in [-0.1, -0.05) is 29.5 Å². The molecule has 0 bridgehead atoms. The van der Waals surface area contributed by atoms with Crippen molar-refractivity contribution in [2.45, 2.75) is 19.9 Å². The molecular weight excluding hydrogens is 504 g/mol. The van der Waals surface area contributed by atoms with Crippen LogP contribution in [0.2, 0.25) is 0 Å². The third-order valence-corrected chi connectivity index (χ3v) is 7.52. The molecule has 0 radical (unpaired) electrons. The number of carbonyl (C=O) groups is 2. The van der Waals surface area contributed by atoms with Crippen LogP contribution >= 0.6 is 11.3 Å². The lowest BCUT2D eigenvalue weighted by Gasteiger charge is -2.23. The number of amides is 1. The zero-order valence-electron chi connectivity index (χ0n) is 20.8. The Morgan fingerprint density at radius 1 is 1.05 bits per heavy atom. The van der Waals surface area contributed by atoms with Crippen molar-refractivity contribution in [1.82, 2.24) is 4.98 Å². The summed E-state index contributed by atoms with van der Waals surface area (Å²) in [6, 6.07) is 17.0. The number of ether oxygens (including phenoxy) is 3. The maximum absolute atomic E-state index is 13.5. The second-order valence-corrected chi connectivity index (χ2v) is 10.0. The Bertz CT molecular complexity index is 1610. The molecule has 6 rings (SSSR count). The normalized spacial score (nSPS) is 18.3. The van der Waals surface area contributed by atoms with Crippen LogP contribution in [0.15, 0.2) is 66.2 Å². The molecule has 192 valence electrons. The smallest absolute Gasteiger partial charge is 0.301 e. The fourth-order valence-electron chi connectivity index (χ4n) is 4.73. The highest BCUT2D eigenvalue weighted by Gasteiger charge is 2.48. The molecule has 3 heterocycles. The molecule has 8 nitrogen and oxygen atoms in total. The first-order valence-electron chi connectivity index (χ1n) is 12.3. The second kappa shape index (κ2) is 9.50. The number of nitrogens with zero attached hydrogens (tertiary/aromatic N) is 2. The Labute approximate surface area is 222 Å². The molecule has 9 heteroatoms.